The zero-order valence-electron chi connectivity index (χ0n) is 18.2. The molecule has 0 radical (unpaired) electrons. The first-order valence-corrected chi connectivity index (χ1v) is 10.8. The maximum atomic E-state index is 13.0. The summed E-state index contributed by atoms with van der Waals surface area (Å²) in [7, 11) is 0. The van der Waals surface area contributed by atoms with Crippen LogP contribution in [0.15, 0.2) is 36.5 Å². The van der Waals surface area contributed by atoms with Gasteiger partial charge >= 0.3 is 0 Å². The summed E-state index contributed by atoms with van der Waals surface area (Å²) in [5.74, 6) is 0.332. The van der Waals surface area contributed by atoms with Gasteiger partial charge in [-0.25, -0.2) is 4.98 Å². The van der Waals surface area contributed by atoms with Gasteiger partial charge in [0.25, 0.3) is 5.91 Å². The first-order valence-electron chi connectivity index (χ1n) is 10.8. The Bertz CT molecular complexity index is 1030. The highest BCUT2D eigenvalue weighted by atomic mass is 16.2. The van der Waals surface area contributed by atoms with Crippen LogP contribution in [-0.2, 0) is 15.0 Å². The number of nitrogens with zero attached hydrogens (tertiary/aromatic N) is 2. The summed E-state index contributed by atoms with van der Waals surface area (Å²) in [5, 5.41) is 5.86. The Balaban J connectivity index is 1.43. The normalized spacial score (nSPS) is 23.2. The molecule has 2 saturated heterocycles. The highest BCUT2D eigenvalue weighted by Crippen LogP contribution is 2.36. The van der Waals surface area contributed by atoms with Crippen LogP contribution < -0.4 is 10.6 Å². The Kier molecular flexibility index (Phi) is 5.52. The average Bonchev–Trinajstić information content (AvgIpc) is 3.33. The van der Waals surface area contributed by atoms with Crippen molar-refractivity contribution in [3.8, 4) is 0 Å². The van der Waals surface area contributed by atoms with Gasteiger partial charge < -0.3 is 10.2 Å². The fourth-order valence-corrected chi connectivity index (χ4v) is 4.60. The van der Waals surface area contributed by atoms with Crippen LogP contribution in [0.1, 0.15) is 53.2 Å². The summed E-state index contributed by atoms with van der Waals surface area (Å²) in [6.45, 7) is 7.25. The minimum Gasteiger partial charge on any atom is -0.365 e. The van der Waals surface area contributed by atoms with E-state index in [0.717, 1.165) is 28.9 Å². The zero-order chi connectivity index (χ0) is 22.2. The molecule has 4 rings (SSSR count). The van der Waals surface area contributed by atoms with E-state index in [2.05, 4.69) is 21.7 Å². The van der Waals surface area contributed by atoms with Crippen LogP contribution in [0.4, 0.5) is 5.82 Å². The van der Waals surface area contributed by atoms with Crippen molar-refractivity contribution in [1.29, 1.82) is 0 Å². The van der Waals surface area contributed by atoms with Crippen molar-refractivity contribution in [2.24, 2.45) is 0 Å². The summed E-state index contributed by atoms with van der Waals surface area (Å²) < 4.78 is 0. The van der Waals surface area contributed by atoms with Crippen LogP contribution in [0.25, 0.3) is 0 Å². The van der Waals surface area contributed by atoms with E-state index >= 15 is 0 Å². The molecule has 2 aromatic rings. The molecule has 2 atom stereocenters. The van der Waals surface area contributed by atoms with Gasteiger partial charge in [0.15, 0.2) is 0 Å². The molecule has 3 heterocycles. The van der Waals surface area contributed by atoms with Gasteiger partial charge in [-0.2, -0.15) is 0 Å². The van der Waals surface area contributed by atoms with Gasteiger partial charge in [-0.3, -0.25) is 19.7 Å². The van der Waals surface area contributed by atoms with E-state index < -0.39 is 5.41 Å². The number of anilines is 1. The number of benzene rings is 1. The minimum atomic E-state index is -0.833. The maximum Gasteiger partial charge on any atom is 0.253 e. The molecule has 2 N–H and O–H groups in total. The van der Waals surface area contributed by atoms with Crippen LogP contribution in [-0.4, -0.2) is 46.7 Å². The van der Waals surface area contributed by atoms with Crippen LogP contribution in [0.2, 0.25) is 0 Å². The number of rotatable bonds is 5. The molecule has 0 bridgehead atoms. The van der Waals surface area contributed by atoms with E-state index in [1.54, 1.807) is 24.3 Å². The fraction of sp³-hybridized carbons (Fsp3) is 0.417. The Labute approximate surface area is 182 Å². The van der Waals surface area contributed by atoms with E-state index in [-0.39, 0.29) is 30.2 Å². The van der Waals surface area contributed by atoms with Crippen LogP contribution in [0.3, 0.4) is 0 Å². The Hall–Kier alpha value is -3.22. The zero-order valence-corrected chi connectivity index (χ0v) is 18.2. The molecule has 7 heteroatoms. The number of pyridine rings is 1. The fourth-order valence-electron chi connectivity index (χ4n) is 4.60. The van der Waals surface area contributed by atoms with E-state index in [1.165, 1.54) is 0 Å². The van der Waals surface area contributed by atoms with Crippen LogP contribution in [0, 0.1) is 13.8 Å². The Morgan fingerprint density at radius 2 is 2.00 bits per heavy atom. The standard InChI is InChI=1S/C24H28N4O3/c1-4-24(12-20(29)27-23(24)31)18-7-5-17(6-8-18)22(30)28-10-9-19(14-28)26-21-16(3)11-15(2)13-25-21/h5-8,11,13,19H,4,9-10,12,14H2,1-3H3,(H,25,26)(H,27,29,31). The molecule has 2 fully saturated rings. The van der Waals surface area contributed by atoms with Gasteiger partial charge in [-0.05, 0) is 55.5 Å². The van der Waals surface area contributed by atoms with Crippen molar-refractivity contribution in [3.05, 3.63) is 58.8 Å². The number of carbonyl (C=O) groups is 3. The molecule has 0 spiro atoms. The second-order valence-corrected chi connectivity index (χ2v) is 8.63. The first kappa shape index (κ1) is 21.0. The van der Waals surface area contributed by atoms with Crippen molar-refractivity contribution >= 4 is 23.5 Å². The summed E-state index contributed by atoms with van der Waals surface area (Å²) in [6, 6.07) is 9.39. The predicted molar refractivity (Wildman–Crippen MR) is 118 cm³/mol. The third kappa shape index (κ3) is 3.92. The molecule has 31 heavy (non-hydrogen) atoms. The predicted octanol–water partition coefficient (Wildman–Crippen LogP) is 2.72. The van der Waals surface area contributed by atoms with E-state index in [0.29, 0.717) is 25.1 Å². The third-order valence-electron chi connectivity index (χ3n) is 6.47. The highest BCUT2D eigenvalue weighted by molar-refractivity contribution is 6.09. The molecule has 162 valence electrons. The van der Waals surface area contributed by atoms with E-state index in [4.69, 9.17) is 0 Å². The number of amides is 3. The number of likely N-dealkylation sites (tertiary alicyclic amines) is 1. The van der Waals surface area contributed by atoms with Crippen molar-refractivity contribution < 1.29 is 14.4 Å². The van der Waals surface area contributed by atoms with Gasteiger partial charge in [0.1, 0.15) is 5.82 Å². The lowest BCUT2D eigenvalue weighted by Crippen LogP contribution is -2.35. The number of hydrogen-bond acceptors (Lipinski definition) is 5. The van der Waals surface area contributed by atoms with Crippen LogP contribution in [0.5, 0.6) is 0 Å². The average molecular weight is 421 g/mol. The molecule has 0 aliphatic carbocycles. The second-order valence-electron chi connectivity index (χ2n) is 8.63. The molecule has 2 aliphatic heterocycles. The molecular formula is C24H28N4O3. The SMILES string of the molecule is CCC1(c2ccc(C(=O)N3CCC(Nc4ncc(C)cc4C)C3)cc2)CC(=O)NC1=O. The van der Waals surface area contributed by atoms with Crippen molar-refractivity contribution in [2.45, 2.75) is 51.5 Å². The van der Waals surface area contributed by atoms with Crippen LogP contribution >= 0.6 is 0 Å². The van der Waals surface area contributed by atoms with E-state index in [9.17, 15) is 14.4 Å². The lowest BCUT2D eigenvalue weighted by molar-refractivity contribution is -0.126. The summed E-state index contributed by atoms with van der Waals surface area (Å²) >= 11 is 0. The number of imide groups is 1. The number of hydrogen-bond donors (Lipinski definition) is 2. The molecular weight excluding hydrogens is 392 g/mol. The molecule has 7 nitrogen and oxygen atoms in total. The highest BCUT2D eigenvalue weighted by Gasteiger charge is 2.46. The number of nitrogens with one attached hydrogen (secondary N) is 2. The van der Waals surface area contributed by atoms with Gasteiger partial charge in [0.2, 0.25) is 11.8 Å². The topological polar surface area (TPSA) is 91.4 Å². The second kappa shape index (κ2) is 8.13. The third-order valence-corrected chi connectivity index (χ3v) is 6.47. The monoisotopic (exact) mass is 420 g/mol. The molecule has 3 amide bonds. The number of carbonyl (C=O) groups excluding carboxylic acids is 3. The molecule has 2 aliphatic rings. The molecule has 1 aromatic carbocycles. The van der Waals surface area contributed by atoms with E-state index in [1.807, 2.05) is 31.9 Å². The first-order chi connectivity index (χ1) is 14.8. The summed E-state index contributed by atoms with van der Waals surface area (Å²) in [5.41, 5.74) is 2.75. The lowest BCUT2D eigenvalue weighted by Gasteiger charge is -2.24. The van der Waals surface area contributed by atoms with Gasteiger partial charge in [-0.1, -0.05) is 25.1 Å². The molecule has 0 saturated carbocycles. The maximum absolute atomic E-state index is 13.0. The molecule has 1 aromatic heterocycles. The van der Waals surface area contributed by atoms with Crippen molar-refractivity contribution in [1.82, 2.24) is 15.2 Å². The molecule has 2 unspecified atom stereocenters. The lowest BCUT2D eigenvalue weighted by atomic mass is 9.76. The van der Waals surface area contributed by atoms with Gasteiger partial charge in [0.05, 0.1) is 5.41 Å². The Morgan fingerprint density at radius 3 is 2.61 bits per heavy atom. The quantitative estimate of drug-likeness (QED) is 0.726. The smallest absolute Gasteiger partial charge is 0.253 e. The van der Waals surface area contributed by atoms with Crippen molar-refractivity contribution in [3.63, 3.8) is 0 Å². The summed E-state index contributed by atoms with van der Waals surface area (Å²) in [6.07, 6.45) is 3.39. The van der Waals surface area contributed by atoms with Gasteiger partial charge in [-0.15, -0.1) is 0 Å². The van der Waals surface area contributed by atoms with Gasteiger partial charge in [0, 0.05) is 37.3 Å². The largest absolute Gasteiger partial charge is 0.365 e. The minimum absolute atomic E-state index is 0.0260. The number of aromatic nitrogens is 1. The Morgan fingerprint density at radius 1 is 1.26 bits per heavy atom. The van der Waals surface area contributed by atoms with Crippen molar-refractivity contribution in [2.75, 3.05) is 18.4 Å². The number of aryl methyl sites for hydroxylation is 2. The summed E-state index contributed by atoms with van der Waals surface area (Å²) in [4.78, 5) is 43.4.